The second-order valence-electron chi connectivity index (χ2n) is 6.23. The monoisotopic (exact) mass is 377 g/mol. The molecule has 0 bridgehead atoms. The van der Waals surface area contributed by atoms with Crippen LogP contribution in [0.4, 0.5) is 9.18 Å². The van der Waals surface area contributed by atoms with Gasteiger partial charge in [-0.1, -0.05) is 6.07 Å². The standard InChI is InChI=1S/C19H16FN7O/c1-11(24-25-19(21)28)16-4-5-18-23-10-14(27(18)26-16)8-13-7-12-3-2-6-22-17(12)9-15(13)20/h2-7,9-10H,8H2,1H3,(H3,21,25,28)/b24-11-. The molecule has 9 heteroatoms. The van der Waals surface area contributed by atoms with Gasteiger partial charge < -0.3 is 5.73 Å². The van der Waals surface area contributed by atoms with Crippen LogP contribution in [0.3, 0.4) is 0 Å². The summed E-state index contributed by atoms with van der Waals surface area (Å²) in [6.07, 6.45) is 3.60. The van der Waals surface area contributed by atoms with Crippen molar-refractivity contribution in [2.45, 2.75) is 13.3 Å². The third-order valence-electron chi connectivity index (χ3n) is 4.28. The molecule has 0 aliphatic rings. The van der Waals surface area contributed by atoms with Crippen LogP contribution < -0.4 is 11.2 Å². The van der Waals surface area contributed by atoms with Crippen LogP contribution in [0.5, 0.6) is 0 Å². The number of fused-ring (bicyclic) bond motifs is 2. The number of benzene rings is 1. The molecule has 0 radical (unpaired) electrons. The van der Waals surface area contributed by atoms with Crippen molar-refractivity contribution in [2.24, 2.45) is 10.8 Å². The van der Waals surface area contributed by atoms with Crippen LogP contribution >= 0.6 is 0 Å². The molecule has 8 nitrogen and oxygen atoms in total. The number of nitrogens with one attached hydrogen (secondary N) is 1. The zero-order valence-electron chi connectivity index (χ0n) is 14.9. The minimum atomic E-state index is -0.759. The van der Waals surface area contributed by atoms with E-state index in [9.17, 15) is 9.18 Å². The summed E-state index contributed by atoms with van der Waals surface area (Å²) >= 11 is 0. The number of pyridine rings is 1. The van der Waals surface area contributed by atoms with Crippen LogP contribution in [0.2, 0.25) is 0 Å². The van der Waals surface area contributed by atoms with Crippen LogP contribution in [0.15, 0.2) is 53.9 Å². The molecule has 0 atom stereocenters. The van der Waals surface area contributed by atoms with E-state index in [1.54, 1.807) is 42.0 Å². The lowest BCUT2D eigenvalue weighted by Gasteiger charge is -2.07. The third-order valence-corrected chi connectivity index (χ3v) is 4.28. The number of urea groups is 1. The summed E-state index contributed by atoms with van der Waals surface area (Å²) in [5.74, 6) is -0.333. The van der Waals surface area contributed by atoms with Gasteiger partial charge in [0.2, 0.25) is 0 Å². The molecular weight excluding hydrogens is 361 g/mol. The Morgan fingerprint density at radius 1 is 1.29 bits per heavy atom. The Labute approximate surface area is 158 Å². The topological polar surface area (TPSA) is 111 Å². The quantitative estimate of drug-likeness (QED) is 0.420. The summed E-state index contributed by atoms with van der Waals surface area (Å²) in [6, 6.07) is 9.66. The molecule has 4 aromatic rings. The molecule has 3 aromatic heterocycles. The first-order valence-electron chi connectivity index (χ1n) is 8.48. The number of nitrogens with two attached hydrogens (primary N) is 1. The summed E-state index contributed by atoms with van der Waals surface area (Å²) in [4.78, 5) is 19.3. The van der Waals surface area contributed by atoms with Gasteiger partial charge in [0.25, 0.3) is 0 Å². The molecule has 0 aliphatic heterocycles. The van der Waals surface area contributed by atoms with Gasteiger partial charge in [0.05, 0.1) is 23.1 Å². The first kappa shape index (κ1) is 17.5. The number of imidazole rings is 1. The van der Waals surface area contributed by atoms with Crippen molar-refractivity contribution in [1.29, 1.82) is 0 Å². The number of primary amides is 1. The number of carbonyl (C=O) groups excluding carboxylic acids is 1. The van der Waals surface area contributed by atoms with Gasteiger partial charge in [0.1, 0.15) is 11.5 Å². The summed E-state index contributed by atoms with van der Waals surface area (Å²) in [7, 11) is 0. The van der Waals surface area contributed by atoms with Gasteiger partial charge in [-0.25, -0.2) is 24.1 Å². The summed E-state index contributed by atoms with van der Waals surface area (Å²) < 4.78 is 16.2. The van der Waals surface area contributed by atoms with E-state index in [1.807, 2.05) is 12.1 Å². The van der Waals surface area contributed by atoms with E-state index in [0.717, 1.165) is 11.1 Å². The van der Waals surface area contributed by atoms with Gasteiger partial charge in [0, 0.05) is 24.1 Å². The minimum absolute atomic E-state index is 0.310. The van der Waals surface area contributed by atoms with Gasteiger partial charge >= 0.3 is 6.03 Å². The Balaban J connectivity index is 1.71. The fourth-order valence-corrected chi connectivity index (χ4v) is 2.90. The number of hydrogen-bond acceptors (Lipinski definition) is 5. The highest BCUT2D eigenvalue weighted by Gasteiger charge is 2.12. The number of rotatable bonds is 4. The molecule has 1 aromatic carbocycles. The molecule has 0 unspecified atom stereocenters. The van der Waals surface area contributed by atoms with E-state index < -0.39 is 6.03 Å². The van der Waals surface area contributed by atoms with Gasteiger partial charge in [-0.2, -0.15) is 10.2 Å². The summed E-state index contributed by atoms with van der Waals surface area (Å²) in [5.41, 5.74) is 10.7. The number of amides is 2. The Morgan fingerprint density at radius 3 is 2.96 bits per heavy atom. The number of hydrazone groups is 1. The van der Waals surface area contributed by atoms with Crippen molar-refractivity contribution in [3.05, 3.63) is 71.6 Å². The lowest BCUT2D eigenvalue weighted by molar-refractivity contribution is 0.249. The van der Waals surface area contributed by atoms with E-state index in [-0.39, 0.29) is 5.82 Å². The number of hydrogen-bond donors (Lipinski definition) is 2. The maximum Gasteiger partial charge on any atom is 0.332 e. The zero-order valence-corrected chi connectivity index (χ0v) is 14.9. The molecule has 0 spiro atoms. The Kier molecular flexibility index (Phi) is 4.40. The lowest BCUT2D eigenvalue weighted by Crippen LogP contribution is -2.25. The molecule has 28 heavy (non-hydrogen) atoms. The smallest absolute Gasteiger partial charge is 0.332 e. The second kappa shape index (κ2) is 7.03. The molecule has 0 fully saturated rings. The first-order chi connectivity index (χ1) is 13.5. The van der Waals surface area contributed by atoms with Crippen molar-refractivity contribution in [3.63, 3.8) is 0 Å². The maximum absolute atomic E-state index is 14.5. The SMILES string of the molecule is C/C(=N/NC(N)=O)c1ccc2ncc(Cc3cc4cccnc4cc3F)n2n1. The van der Waals surface area contributed by atoms with Crippen molar-refractivity contribution < 1.29 is 9.18 Å². The van der Waals surface area contributed by atoms with Gasteiger partial charge in [-0.3, -0.25) is 4.98 Å². The number of nitrogens with zero attached hydrogens (tertiary/aromatic N) is 5. The summed E-state index contributed by atoms with van der Waals surface area (Å²) in [6.45, 7) is 1.69. The van der Waals surface area contributed by atoms with Crippen molar-refractivity contribution in [1.82, 2.24) is 25.0 Å². The molecule has 4 rings (SSSR count). The van der Waals surface area contributed by atoms with Gasteiger partial charge in [0.15, 0.2) is 5.65 Å². The van der Waals surface area contributed by atoms with E-state index >= 15 is 0 Å². The third kappa shape index (κ3) is 3.37. The van der Waals surface area contributed by atoms with Crippen LogP contribution in [0.1, 0.15) is 23.9 Å². The number of carbonyl (C=O) groups is 1. The molecule has 140 valence electrons. The summed E-state index contributed by atoms with van der Waals surface area (Å²) in [5, 5.41) is 9.24. The molecule has 3 heterocycles. The largest absolute Gasteiger partial charge is 0.350 e. The van der Waals surface area contributed by atoms with E-state index in [1.165, 1.54) is 6.07 Å². The first-order valence-corrected chi connectivity index (χ1v) is 8.48. The molecule has 2 amide bonds. The highest BCUT2D eigenvalue weighted by Crippen LogP contribution is 2.20. The predicted molar refractivity (Wildman–Crippen MR) is 102 cm³/mol. The molecule has 0 saturated carbocycles. The Bertz CT molecular complexity index is 1230. The van der Waals surface area contributed by atoms with Gasteiger partial charge in [-0.15, -0.1) is 0 Å². The molecule has 0 aliphatic carbocycles. The Hall–Kier alpha value is -3.88. The molecular formula is C19H16FN7O. The maximum atomic E-state index is 14.5. The normalized spacial score (nSPS) is 11.9. The number of aromatic nitrogens is 4. The average molecular weight is 377 g/mol. The van der Waals surface area contributed by atoms with E-state index in [2.05, 4.69) is 25.6 Å². The van der Waals surface area contributed by atoms with E-state index in [0.29, 0.717) is 34.6 Å². The van der Waals surface area contributed by atoms with Gasteiger partial charge in [-0.05, 0) is 36.8 Å². The van der Waals surface area contributed by atoms with Crippen LogP contribution in [0.25, 0.3) is 16.6 Å². The predicted octanol–water partition coefficient (Wildman–Crippen LogP) is 2.40. The highest BCUT2D eigenvalue weighted by atomic mass is 19.1. The Morgan fingerprint density at radius 2 is 2.14 bits per heavy atom. The molecule has 3 N–H and O–H groups in total. The molecule has 0 saturated heterocycles. The second-order valence-corrected chi connectivity index (χ2v) is 6.23. The number of halogens is 1. The van der Waals surface area contributed by atoms with Crippen molar-refractivity contribution in [3.8, 4) is 0 Å². The fourth-order valence-electron chi connectivity index (χ4n) is 2.90. The average Bonchev–Trinajstić information content (AvgIpc) is 3.08. The lowest BCUT2D eigenvalue weighted by atomic mass is 10.1. The van der Waals surface area contributed by atoms with Crippen LogP contribution in [-0.4, -0.2) is 31.3 Å². The van der Waals surface area contributed by atoms with Crippen LogP contribution in [0, 0.1) is 5.82 Å². The highest BCUT2D eigenvalue weighted by molar-refractivity contribution is 5.97. The van der Waals surface area contributed by atoms with Crippen LogP contribution in [-0.2, 0) is 6.42 Å². The fraction of sp³-hybridized carbons (Fsp3) is 0.105. The van der Waals surface area contributed by atoms with Crippen molar-refractivity contribution in [2.75, 3.05) is 0 Å². The van der Waals surface area contributed by atoms with Crippen molar-refractivity contribution >= 4 is 28.3 Å². The van der Waals surface area contributed by atoms with E-state index in [4.69, 9.17) is 5.73 Å². The zero-order chi connectivity index (χ0) is 19.7. The minimum Gasteiger partial charge on any atom is -0.350 e.